The molecule has 4 aromatic rings. The smallest absolute Gasteiger partial charge is 0.338 e. The fourth-order valence-corrected chi connectivity index (χ4v) is 8.27. The molecule has 64 heavy (non-hydrogen) atoms. The fourth-order valence-electron chi connectivity index (χ4n) is 7.04. The van der Waals surface area contributed by atoms with Gasteiger partial charge >= 0.3 is 11.9 Å². The Bertz CT molecular complexity index is 2020. The lowest BCUT2D eigenvalue weighted by Crippen LogP contribution is -2.37. The number of esters is 2. The molecule has 0 bridgehead atoms. The van der Waals surface area contributed by atoms with E-state index in [1.54, 1.807) is 0 Å². The zero-order valence-corrected chi connectivity index (χ0v) is 41.2. The van der Waals surface area contributed by atoms with Crippen LogP contribution in [0.25, 0.3) is 11.0 Å². The maximum Gasteiger partial charge on any atom is 0.338 e. The highest BCUT2D eigenvalue weighted by atomic mass is 35.5. The minimum absolute atomic E-state index is 0.00176. The number of hydrogen-bond donors (Lipinski definition) is 2. The number of anilines is 2. The second-order valence-electron chi connectivity index (χ2n) is 15.9. The molecule has 0 aliphatic heterocycles. The molecule has 1 aromatic heterocycles. The second-order valence-corrected chi connectivity index (χ2v) is 18.2. The number of carbonyl (C=O) groups is 4. The standard InChI is InChI=1S/C47H59Cl6N5O6/c1-3-5-7-9-11-13-15-17-19-21-27-63-46(61)31-23-25-33(48)35(29-31)54-44(59)43(58-56-41-39(52)37(50)38(51)40(53)42(41)57-58)45(60)55-36-30-32(24-26-34(36)49)47(62)64-28-22-20-18-16-14-12-10-8-6-4-2/h23-26,29-30,43H,3-22,27-28H2,1-2H3,(H,54,59)(H,55,60). The minimum atomic E-state index is -1.89. The number of ether oxygens (including phenoxy) is 2. The monoisotopic (exact) mass is 999 g/mol. The van der Waals surface area contributed by atoms with Gasteiger partial charge in [-0.25, -0.2) is 9.59 Å². The van der Waals surface area contributed by atoms with Crippen molar-refractivity contribution in [3.8, 4) is 0 Å². The van der Waals surface area contributed by atoms with Gasteiger partial charge in [-0.15, -0.1) is 0 Å². The Morgan fingerprint density at radius 3 is 1.17 bits per heavy atom. The van der Waals surface area contributed by atoms with Crippen LogP contribution in [0.4, 0.5) is 11.4 Å². The number of nitrogens with one attached hydrogen (secondary N) is 2. The Kier molecular flexibility index (Phi) is 23.9. The van der Waals surface area contributed by atoms with Gasteiger partial charge in [0.05, 0.1) is 65.9 Å². The maximum atomic E-state index is 14.2. The second kappa shape index (κ2) is 28.7. The average Bonchev–Trinajstić information content (AvgIpc) is 3.72. The molecule has 3 aromatic carbocycles. The number of fused-ring (bicyclic) bond motifs is 1. The van der Waals surface area contributed by atoms with E-state index in [4.69, 9.17) is 79.1 Å². The first-order valence-corrected chi connectivity index (χ1v) is 24.8. The van der Waals surface area contributed by atoms with Crippen LogP contribution in [0, 0.1) is 0 Å². The molecular formula is C47H59Cl6N5O6. The van der Waals surface area contributed by atoms with Crippen LogP contribution < -0.4 is 10.6 Å². The summed E-state index contributed by atoms with van der Waals surface area (Å²) < 4.78 is 11.0. The lowest BCUT2D eigenvalue weighted by Gasteiger charge is -2.18. The number of aromatic nitrogens is 3. The highest BCUT2D eigenvalue weighted by Gasteiger charge is 2.34. The minimum Gasteiger partial charge on any atom is -0.462 e. The van der Waals surface area contributed by atoms with Crippen LogP contribution in [0.3, 0.4) is 0 Å². The summed E-state index contributed by atoms with van der Waals surface area (Å²) in [6.07, 6.45) is 22.8. The van der Waals surface area contributed by atoms with Crippen molar-refractivity contribution in [3.63, 3.8) is 0 Å². The number of hydrogen-bond acceptors (Lipinski definition) is 8. The summed E-state index contributed by atoms with van der Waals surface area (Å²) in [4.78, 5) is 55.3. The number of unbranched alkanes of at least 4 members (excludes halogenated alkanes) is 18. The molecule has 1 heterocycles. The molecule has 0 atom stereocenters. The summed E-state index contributed by atoms with van der Waals surface area (Å²) in [5.74, 6) is -3.18. The SMILES string of the molecule is CCCCCCCCCCCCOC(=O)c1ccc(Cl)c(NC(=O)C(C(=O)Nc2cc(C(=O)OCCCCCCCCCCCC)ccc2Cl)n2nc3c(Cl)c(Cl)c(Cl)c(Cl)c3n2)c1. The predicted molar refractivity (Wildman–Crippen MR) is 261 cm³/mol. The molecule has 0 aliphatic carbocycles. The summed E-state index contributed by atoms with van der Waals surface area (Å²) in [6.45, 7) is 4.89. The molecule has 0 radical (unpaired) electrons. The Balaban J connectivity index is 1.44. The topological polar surface area (TPSA) is 142 Å². The average molecular weight is 1000 g/mol. The van der Waals surface area contributed by atoms with Crippen LogP contribution >= 0.6 is 69.6 Å². The van der Waals surface area contributed by atoms with E-state index in [9.17, 15) is 19.2 Å². The van der Waals surface area contributed by atoms with E-state index >= 15 is 0 Å². The molecule has 350 valence electrons. The van der Waals surface area contributed by atoms with Gasteiger partial charge in [-0.2, -0.15) is 15.0 Å². The third-order valence-electron chi connectivity index (χ3n) is 10.7. The number of halogens is 6. The summed E-state index contributed by atoms with van der Waals surface area (Å²) in [6, 6.07) is 6.60. The molecule has 0 aliphatic rings. The third kappa shape index (κ3) is 16.5. The molecule has 0 saturated carbocycles. The predicted octanol–water partition coefficient (Wildman–Crippen LogP) is 15.3. The number of amides is 2. The number of benzene rings is 3. The van der Waals surface area contributed by atoms with E-state index in [1.165, 1.54) is 113 Å². The van der Waals surface area contributed by atoms with Gasteiger partial charge in [-0.05, 0) is 49.2 Å². The van der Waals surface area contributed by atoms with Gasteiger partial charge in [-0.3, -0.25) is 9.59 Å². The number of rotatable bonds is 29. The first kappa shape index (κ1) is 53.3. The number of nitrogens with zero attached hydrogens (tertiary/aromatic N) is 3. The highest BCUT2D eigenvalue weighted by molar-refractivity contribution is 6.55. The summed E-state index contributed by atoms with van der Waals surface area (Å²) in [7, 11) is 0. The lowest BCUT2D eigenvalue weighted by molar-refractivity contribution is -0.129. The Morgan fingerprint density at radius 2 is 0.828 bits per heavy atom. The largest absolute Gasteiger partial charge is 0.462 e. The highest BCUT2D eigenvalue weighted by Crippen LogP contribution is 2.42. The van der Waals surface area contributed by atoms with Crippen molar-refractivity contribution < 1.29 is 28.7 Å². The van der Waals surface area contributed by atoms with E-state index in [0.717, 1.165) is 56.2 Å². The maximum absolute atomic E-state index is 14.2. The van der Waals surface area contributed by atoms with Crippen molar-refractivity contribution in [1.82, 2.24) is 15.0 Å². The van der Waals surface area contributed by atoms with Crippen LogP contribution in [0.2, 0.25) is 30.1 Å². The summed E-state index contributed by atoms with van der Waals surface area (Å²) >= 11 is 38.5. The van der Waals surface area contributed by atoms with Crippen LogP contribution in [0.5, 0.6) is 0 Å². The molecular weight excluding hydrogens is 943 g/mol. The summed E-state index contributed by atoms with van der Waals surface area (Å²) in [5, 5.41) is 13.5. The normalized spacial score (nSPS) is 11.3. The van der Waals surface area contributed by atoms with Crippen molar-refractivity contribution in [2.24, 2.45) is 0 Å². The number of carbonyl (C=O) groups excluding carboxylic acids is 4. The van der Waals surface area contributed by atoms with Gasteiger partial charge in [0, 0.05) is 0 Å². The van der Waals surface area contributed by atoms with Gasteiger partial charge in [-0.1, -0.05) is 199 Å². The van der Waals surface area contributed by atoms with Gasteiger partial charge < -0.3 is 20.1 Å². The molecule has 2 N–H and O–H groups in total. The lowest BCUT2D eigenvalue weighted by atomic mass is 10.1. The van der Waals surface area contributed by atoms with Gasteiger partial charge in [0.25, 0.3) is 11.8 Å². The summed E-state index contributed by atoms with van der Waals surface area (Å²) in [5.41, 5.74) is 0.178. The Hall–Kier alpha value is -3.32. The molecule has 0 saturated heterocycles. The van der Waals surface area contributed by atoms with E-state index in [-0.39, 0.29) is 76.9 Å². The van der Waals surface area contributed by atoms with Crippen LogP contribution in [0.15, 0.2) is 36.4 Å². The van der Waals surface area contributed by atoms with E-state index < -0.39 is 29.8 Å². The molecule has 4 rings (SSSR count). The first-order valence-electron chi connectivity index (χ1n) is 22.5. The van der Waals surface area contributed by atoms with Crippen molar-refractivity contribution in [2.45, 2.75) is 148 Å². The quantitative estimate of drug-likeness (QED) is 0.0180. The Morgan fingerprint density at radius 1 is 0.500 bits per heavy atom. The van der Waals surface area contributed by atoms with Crippen LogP contribution in [-0.2, 0) is 19.1 Å². The molecule has 17 heteroatoms. The van der Waals surface area contributed by atoms with E-state index in [2.05, 4.69) is 34.7 Å². The van der Waals surface area contributed by atoms with Gasteiger partial charge in [0.15, 0.2) is 0 Å². The zero-order valence-electron chi connectivity index (χ0n) is 36.7. The molecule has 2 amide bonds. The van der Waals surface area contributed by atoms with Crippen molar-refractivity contribution in [2.75, 3.05) is 23.8 Å². The van der Waals surface area contributed by atoms with Crippen LogP contribution in [0.1, 0.15) is 169 Å². The molecule has 0 unspecified atom stereocenters. The zero-order chi connectivity index (χ0) is 46.4. The van der Waals surface area contributed by atoms with E-state index in [0.29, 0.717) is 0 Å². The van der Waals surface area contributed by atoms with Crippen molar-refractivity contribution >= 4 is 116 Å². The Labute approximate surface area is 406 Å². The fraction of sp³-hybridized carbons (Fsp3) is 0.532. The molecule has 0 spiro atoms. The first-order chi connectivity index (χ1) is 30.9. The van der Waals surface area contributed by atoms with E-state index in [1.807, 2.05) is 0 Å². The van der Waals surface area contributed by atoms with Gasteiger partial charge in [0.2, 0.25) is 6.04 Å². The van der Waals surface area contributed by atoms with Crippen LogP contribution in [-0.4, -0.2) is 52.0 Å². The van der Waals surface area contributed by atoms with Gasteiger partial charge in [0.1, 0.15) is 11.0 Å². The molecule has 0 fully saturated rings. The van der Waals surface area contributed by atoms with Crippen molar-refractivity contribution in [1.29, 1.82) is 0 Å². The molecule has 11 nitrogen and oxygen atoms in total. The van der Waals surface area contributed by atoms with Crippen molar-refractivity contribution in [3.05, 3.63) is 77.7 Å². The third-order valence-corrected chi connectivity index (χ3v) is 13.2.